The summed E-state index contributed by atoms with van der Waals surface area (Å²) in [5.41, 5.74) is 3.04. The molecule has 0 amide bonds. The van der Waals surface area contributed by atoms with E-state index in [1.807, 2.05) is 0 Å². The molecule has 0 saturated carbocycles. The molecule has 1 saturated heterocycles. The van der Waals surface area contributed by atoms with Crippen molar-refractivity contribution in [2.24, 2.45) is 0 Å². The van der Waals surface area contributed by atoms with Gasteiger partial charge in [0.2, 0.25) is 0 Å². The molecule has 1 heteroatoms. The standard InChI is InChI=1S/C16H25N/c1-3-14(4-2)15-8-5-7-13(11-15)12-16-9-6-10-17-16/h5,7-8,11,14,16-17H,3-4,6,9-10,12H2,1-2H3. The molecular formula is C16H25N. The predicted molar refractivity (Wildman–Crippen MR) is 74.5 cm³/mol. The van der Waals surface area contributed by atoms with E-state index in [0.29, 0.717) is 6.04 Å². The Balaban J connectivity index is 2.04. The Bertz CT molecular complexity index is 335. The Hall–Kier alpha value is -0.820. The van der Waals surface area contributed by atoms with Crippen LogP contribution in [0.1, 0.15) is 56.6 Å². The molecule has 1 unspecified atom stereocenters. The van der Waals surface area contributed by atoms with Gasteiger partial charge in [0.15, 0.2) is 0 Å². The second kappa shape index (κ2) is 6.20. The molecule has 17 heavy (non-hydrogen) atoms. The van der Waals surface area contributed by atoms with Gasteiger partial charge in [-0.3, -0.25) is 0 Å². The van der Waals surface area contributed by atoms with Crippen LogP contribution < -0.4 is 5.32 Å². The SMILES string of the molecule is CCC(CC)c1cccc(CC2CCCN2)c1. The van der Waals surface area contributed by atoms with Crippen molar-refractivity contribution in [2.45, 2.75) is 57.9 Å². The second-order valence-corrected chi connectivity index (χ2v) is 5.26. The number of nitrogens with one attached hydrogen (secondary N) is 1. The molecule has 1 nitrogen and oxygen atoms in total. The third kappa shape index (κ3) is 3.32. The molecule has 1 aromatic carbocycles. The van der Waals surface area contributed by atoms with E-state index in [0.717, 1.165) is 5.92 Å². The molecule has 1 aromatic rings. The van der Waals surface area contributed by atoms with Gasteiger partial charge in [-0.25, -0.2) is 0 Å². The summed E-state index contributed by atoms with van der Waals surface area (Å²) >= 11 is 0. The lowest BCUT2D eigenvalue weighted by Crippen LogP contribution is -2.23. The summed E-state index contributed by atoms with van der Waals surface area (Å²) in [6.07, 6.45) is 6.39. The fraction of sp³-hybridized carbons (Fsp3) is 0.625. The van der Waals surface area contributed by atoms with Gasteiger partial charge in [-0.05, 0) is 55.7 Å². The summed E-state index contributed by atoms with van der Waals surface area (Å²) in [5.74, 6) is 0.742. The third-order valence-electron chi connectivity index (χ3n) is 4.05. The molecule has 1 aliphatic heterocycles. The molecule has 0 aliphatic carbocycles. The molecular weight excluding hydrogens is 206 g/mol. The van der Waals surface area contributed by atoms with E-state index in [9.17, 15) is 0 Å². The fourth-order valence-electron chi connectivity index (χ4n) is 2.95. The monoisotopic (exact) mass is 231 g/mol. The van der Waals surface area contributed by atoms with Crippen LogP contribution in [0.2, 0.25) is 0 Å². The highest BCUT2D eigenvalue weighted by Crippen LogP contribution is 2.24. The van der Waals surface area contributed by atoms with Crippen LogP contribution in [0, 0.1) is 0 Å². The maximum Gasteiger partial charge on any atom is 0.0108 e. The van der Waals surface area contributed by atoms with Gasteiger partial charge in [0.1, 0.15) is 0 Å². The van der Waals surface area contributed by atoms with Crippen LogP contribution in [0.3, 0.4) is 0 Å². The van der Waals surface area contributed by atoms with Crippen molar-refractivity contribution < 1.29 is 0 Å². The molecule has 2 rings (SSSR count). The van der Waals surface area contributed by atoms with Gasteiger partial charge in [0, 0.05) is 6.04 Å². The normalized spacial score (nSPS) is 20.1. The van der Waals surface area contributed by atoms with Crippen LogP contribution in [0.15, 0.2) is 24.3 Å². The maximum absolute atomic E-state index is 3.58. The van der Waals surface area contributed by atoms with Gasteiger partial charge >= 0.3 is 0 Å². The molecule has 1 heterocycles. The third-order valence-corrected chi connectivity index (χ3v) is 4.05. The maximum atomic E-state index is 3.58. The average molecular weight is 231 g/mol. The van der Waals surface area contributed by atoms with E-state index in [1.54, 1.807) is 0 Å². The highest BCUT2D eigenvalue weighted by atomic mass is 14.9. The summed E-state index contributed by atoms with van der Waals surface area (Å²) in [5, 5.41) is 3.58. The van der Waals surface area contributed by atoms with Crippen molar-refractivity contribution in [2.75, 3.05) is 6.54 Å². The van der Waals surface area contributed by atoms with E-state index >= 15 is 0 Å². The minimum atomic E-state index is 0.715. The summed E-state index contributed by atoms with van der Waals surface area (Å²) in [7, 11) is 0. The molecule has 0 bridgehead atoms. The van der Waals surface area contributed by atoms with Crippen molar-refractivity contribution in [3.8, 4) is 0 Å². The smallest absolute Gasteiger partial charge is 0.0108 e. The fourth-order valence-corrected chi connectivity index (χ4v) is 2.95. The zero-order valence-electron chi connectivity index (χ0n) is 11.2. The molecule has 1 atom stereocenters. The average Bonchev–Trinajstić information content (AvgIpc) is 2.84. The zero-order valence-corrected chi connectivity index (χ0v) is 11.2. The van der Waals surface area contributed by atoms with Crippen LogP contribution in [0.25, 0.3) is 0 Å². The summed E-state index contributed by atoms with van der Waals surface area (Å²) in [6, 6.07) is 9.96. The molecule has 0 spiro atoms. The predicted octanol–water partition coefficient (Wildman–Crippen LogP) is 3.88. The van der Waals surface area contributed by atoms with Gasteiger partial charge < -0.3 is 5.32 Å². The van der Waals surface area contributed by atoms with Crippen LogP contribution in [-0.2, 0) is 6.42 Å². The van der Waals surface area contributed by atoms with Crippen molar-refractivity contribution in [3.63, 3.8) is 0 Å². The number of hydrogen-bond acceptors (Lipinski definition) is 1. The summed E-state index contributed by atoms with van der Waals surface area (Å²) < 4.78 is 0. The van der Waals surface area contributed by atoms with Crippen molar-refractivity contribution >= 4 is 0 Å². The largest absolute Gasteiger partial charge is 0.314 e. The first kappa shape index (κ1) is 12.6. The highest BCUT2D eigenvalue weighted by molar-refractivity contribution is 5.27. The Morgan fingerprint density at radius 2 is 2.12 bits per heavy atom. The molecule has 0 aromatic heterocycles. The number of benzene rings is 1. The first-order chi connectivity index (χ1) is 8.33. The Labute approximate surface area is 106 Å². The van der Waals surface area contributed by atoms with E-state index in [1.165, 1.54) is 49.8 Å². The van der Waals surface area contributed by atoms with Crippen LogP contribution in [0.4, 0.5) is 0 Å². The molecule has 94 valence electrons. The Kier molecular flexibility index (Phi) is 4.61. The lowest BCUT2D eigenvalue weighted by molar-refractivity contribution is 0.600. The number of rotatable bonds is 5. The Morgan fingerprint density at radius 3 is 2.76 bits per heavy atom. The van der Waals surface area contributed by atoms with E-state index in [4.69, 9.17) is 0 Å². The van der Waals surface area contributed by atoms with Crippen molar-refractivity contribution in [1.82, 2.24) is 5.32 Å². The highest BCUT2D eigenvalue weighted by Gasteiger charge is 2.15. The van der Waals surface area contributed by atoms with Crippen LogP contribution in [0.5, 0.6) is 0 Å². The van der Waals surface area contributed by atoms with Gasteiger partial charge in [-0.2, -0.15) is 0 Å². The molecule has 1 fully saturated rings. The summed E-state index contributed by atoms with van der Waals surface area (Å²) in [6.45, 7) is 5.79. The number of hydrogen-bond donors (Lipinski definition) is 1. The van der Waals surface area contributed by atoms with Crippen molar-refractivity contribution in [3.05, 3.63) is 35.4 Å². The van der Waals surface area contributed by atoms with E-state index in [2.05, 4.69) is 43.4 Å². The van der Waals surface area contributed by atoms with Crippen LogP contribution >= 0.6 is 0 Å². The molecule has 0 radical (unpaired) electrons. The van der Waals surface area contributed by atoms with Crippen molar-refractivity contribution in [1.29, 1.82) is 0 Å². The van der Waals surface area contributed by atoms with E-state index < -0.39 is 0 Å². The van der Waals surface area contributed by atoms with E-state index in [-0.39, 0.29) is 0 Å². The zero-order chi connectivity index (χ0) is 12.1. The first-order valence-electron chi connectivity index (χ1n) is 7.15. The quantitative estimate of drug-likeness (QED) is 0.811. The van der Waals surface area contributed by atoms with Gasteiger partial charge in [0.25, 0.3) is 0 Å². The van der Waals surface area contributed by atoms with Crippen LogP contribution in [-0.4, -0.2) is 12.6 Å². The topological polar surface area (TPSA) is 12.0 Å². The first-order valence-corrected chi connectivity index (χ1v) is 7.15. The van der Waals surface area contributed by atoms with Gasteiger partial charge in [0.05, 0.1) is 0 Å². The lowest BCUT2D eigenvalue weighted by Gasteiger charge is -2.15. The second-order valence-electron chi connectivity index (χ2n) is 5.26. The molecule has 1 aliphatic rings. The summed E-state index contributed by atoms with van der Waals surface area (Å²) in [4.78, 5) is 0. The minimum Gasteiger partial charge on any atom is -0.314 e. The minimum absolute atomic E-state index is 0.715. The lowest BCUT2D eigenvalue weighted by atomic mass is 9.91. The van der Waals surface area contributed by atoms with Gasteiger partial charge in [-0.15, -0.1) is 0 Å². The molecule has 1 N–H and O–H groups in total. The van der Waals surface area contributed by atoms with Gasteiger partial charge in [-0.1, -0.05) is 38.1 Å². The Morgan fingerprint density at radius 1 is 1.29 bits per heavy atom.